The SMILES string of the molecule is Cc1ccccc1-c1cc2cnc(NC3CCN(CC#N)CC3)nc2n(C)c1=O. The van der Waals surface area contributed by atoms with Gasteiger partial charge in [-0.25, -0.2) is 4.98 Å². The van der Waals surface area contributed by atoms with Crippen LogP contribution in [0, 0.1) is 18.3 Å². The van der Waals surface area contributed by atoms with E-state index in [2.05, 4.69) is 26.3 Å². The topological polar surface area (TPSA) is 86.8 Å². The van der Waals surface area contributed by atoms with Crippen LogP contribution in [0.15, 0.2) is 41.3 Å². The summed E-state index contributed by atoms with van der Waals surface area (Å²) in [7, 11) is 1.75. The van der Waals surface area contributed by atoms with Gasteiger partial charge in [0.2, 0.25) is 5.95 Å². The largest absolute Gasteiger partial charge is 0.351 e. The molecule has 1 aromatic carbocycles. The first-order chi connectivity index (χ1) is 14.1. The molecule has 4 rings (SSSR count). The third kappa shape index (κ3) is 3.84. The highest BCUT2D eigenvalue weighted by Crippen LogP contribution is 2.23. The average Bonchev–Trinajstić information content (AvgIpc) is 2.73. The van der Waals surface area contributed by atoms with E-state index >= 15 is 0 Å². The van der Waals surface area contributed by atoms with Gasteiger partial charge in [0.15, 0.2) is 0 Å². The second-order valence-electron chi connectivity index (χ2n) is 7.56. The molecular weight excluding hydrogens is 364 g/mol. The number of fused-ring (bicyclic) bond motifs is 1. The van der Waals surface area contributed by atoms with Gasteiger partial charge in [-0.15, -0.1) is 0 Å². The van der Waals surface area contributed by atoms with Crippen molar-refractivity contribution in [1.29, 1.82) is 5.26 Å². The Morgan fingerprint density at radius 2 is 2.00 bits per heavy atom. The molecule has 1 saturated heterocycles. The zero-order valence-electron chi connectivity index (χ0n) is 16.7. The number of nitriles is 1. The molecule has 1 fully saturated rings. The zero-order chi connectivity index (χ0) is 20.4. The molecule has 1 aliphatic rings. The maximum Gasteiger partial charge on any atom is 0.259 e. The highest BCUT2D eigenvalue weighted by Gasteiger charge is 2.20. The molecule has 0 aliphatic carbocycles. The van der Waals surface area contributed by atoms with Crippen LogP contribution in [-0.2, 0) is 7.05 Å². The highest BCUT2D eigenvalue weighted by molar-refractivity contribution is 5.82. The Kier molecular flexibility index (Phi) is 5.28. The first kappa shape index (κ1) is 19.1. The van der Waals surface area contributed by atoms with Crippen molar-refractivity contribution in [1.82, 2.24) is 19.4 Å². The maximum atomic E-state index is 13.0. The van der Waals surface area contributed by atoms with Crippen LogP contribution in [0.4, 0.5) is 5.95 Å². The monoisotopic (exact) mass is 388 g/mol. The van der Waals surface area contributed by atoms with Gasteiger partial charge in [0, 0.05) is 43.3 Å². The molecule has 0 amide bonds. The molecule has 3 aromatic rings. The molecule has 0 saturated carbocycles. The number of rotatable bonds is 4. The number of likely N-dealkylation sites (tertiary alicyclic amines) is 1. The van der Waals surface area contributed by atoms with Gasteiger partial charge in [-0.3, -0.25) is 14.3 Å². The molecule has 1 N–H and O–H groups in total. The first-order valence-electron chi connectivity index (χ1n) is 9.85. The van der Waals surface area contributed by atoms with Crippen LogP contribution < -0.4 is 10.9 Å². The predicted molar refractivity (Wildman–Crippen MR) is 114 cm³/mol. The van der Waals surface area contributed by atoms with E-state index in [4.69, 9.17) is 5.26 Å². The predicted octanol–water partition coefficient (Wildman–Crippen LogP) is 2.70. The van der Waals surface area contributed by atoms with Crippen LogP contribution in [0.25, 0.3) is 22.2 Å². The number of piperidine rings is 1. The van der Waals surface area contributed by atoms with Crippen LogP contribution in [0.2, 0.25) is 0 Å². The Morgan fingerprint density at radius 3 is 2.72 bits per heavy atom. The summed E-state index contributed by atoms with van der Waals surface area (Å²) in [4.78, 5) is 24.2. The average molecular weight is 388 g/mol. The summed E-state index contributed by atoms with van der Waals surface area (Å²) in [5.74, 6) is 0.537. The van der Waals surface area contributed by atoms with Gasteiger partial charge >= 0.3 is 0 Å². The Balaban J connectivity index is 1.62. The number of nitrogens with one attached hydrogen (secondary N) is 1. The Bertz CT molecular complexity index is 1140. The van der Waals surface area contributed by atoms with E-state index in [1.54, 1.807) is 17.8 Å². The number of hydrogen-bond donors (Lipinski definition) is 1. The molecule has 0 spiro atoms. The fraction of sp³-hybridized carbons (Fsp3) is 0.364. The van der Waals surface area contributed by atoms with Crippen molar-refractivity contribution in [2.24, 2.45) is 7.05 Å². The number of anilines is 1. The molecule has 0 atom stereocenters. The van der Waals surface area contributed by atoms with Crippen LogP contribution >= 0.6 is 0 Å². The first-order valence-corrected chi connectivity index (χ1v) is 9.85. The summed E-state index contributed by atoms with van der Waals surface area (Å²) in [5, 5.41) is 13.0. The normalized spacial score (nSPS) is 15.3. The maximum absolute atomic E-state index is 13.0. The molecule has 7 nitrogen and oxygen atoms in total. The number of aromatic nitrogens is 3. The summed E-state index contributed by atoms with van der Waals surface area (Å²) in [6.07, 6.45) is 3.65. The third-order valence-corrected chi connectivity index (χ3v) is 5.60. The molecule has 0 bridgehead atoms. The third-order valence-electron chi connectivity index (χ3n) is 5.60. The lowest BCUT2D eigenvalue weighted by molar-refractivity contribution is 0.242. The van der Waals surface area contributed by atoms with Gasteiger partial charge in [-0.2, -0.15) is 10.2 Å². The Morgan fingerprint density at radius 1 is 1.24 bits per heavy atom. The lowest BCUT2D eigenvalue weighted by Crippen LogP contribution is -2.39. The minimum Gasteiger partial charge on any atom is -0.351 e. The van der Waals surface area contributed by atoms with E-state index < -0.39 is 0 Å². The van der Waals surface area contributed by atoms with E-state index in [0.29, 0.717) is 23.7 Å². The van der Waals surface area contributed by atoms with Crippen molar-refractivity contribution in [3.63, 3.8) is 0 Å². The van der Waals surface area contributed by atoms with Crippen molar-refractivity contribution in [3.05, 3.63) is 52.4 Å². The Hall–Kier alpha value is -3.24. The number of benzene rings is 1. The van der Waals surface area contributed by atoms with Crippen LogP contribution in [0.1, 0.15) is 18.4 Å². The minimum absolute atomic E-state index is 0.0683. The number of nitrogens with zero attached hydrogens (tertiary/aromatic N) is 5. The van der Waals surface area contributed by atoms with Gasteiger partial charge in [-0.05, 0) is 37.0 Å². The molecule has 7 heteroatoms. The highest BCUT2D eigenvalue weighted by atomic mass is 16.1. The van der Waals surface area contributed by atoms with Gasteiger partial charge in [0.05, 0.1) is 12.6 Å². The van der Waals surface area contributed by atoms with Crippen molar-refractivity contribution >= 4 is 17.0 Å². The van der Waals surface area contributed by atoms with Crippen LogP contribution in [-0.4, -0.2) is 45.1 Å². The van der Waals surface area contributed by atoms with Gasteiger partial charge < -0.3 is 5.32 Å². The van der Waals surface area contributed by atoms with Crippen LogP contribution in [0.5, 0.6) is 0 Å². The van der Waals surface area contributed by atoms with Gasteiger partial charge in [-0.1, -0.05) is 24.3 Å². The van der Waals surface area contributed by atoms with Crippen molar-refractivity contribution in [2.45, 2.75) is 25.8 Å². The smallest absolute Gasteiger partial charge is 0.259 e. The quantitative estimate of drug-likeness (QED) is 0.692. The minimum atomic E-state index is -0.0683. The molecular formula is C22H24N6O. The molecule has 3 heterocycles. The van der Waals surface area contributed by atoms with Gasteiger partial charge in [0.25, 0.3) is 5.56 Å². The van der Waals surface area contributed by atoms with E-state index in [9.17, 15) is 4.79 Å². The second-order valence-corrected chi connectivity index (χ2v) is 7.56. The molecule has 148 valence electrons. The lowest BCUT2D eigenvalue weighted by Gasteiger charge is -2.30. The van der Waals surface area contributed by atoms with E-state index in [0.717, 1.165) is 42.4 Å². The van der Waals surface area contributed by atoms with Crippen molar-refractivity contribution < 1.29 is 0 Å². The molecule has 1 aliphatic heterocycles. The second kappa shape index (κ2) is 8.02. The summed E-state index contributed by atoms with van der Waals surface area (Å²) in [5.41, 5.74) is 3.20. The standard InChI is InChI=1S/C22H24N6O/c1-15-5-3-4-6-18(15)19-13-16-14-24-22(26-20(16)27(2)21(19)29)25-17-7-10-28(11-8-17)12-9-23/h3-6,13-14,17H,7-8,10-12H2,1-2H3,(H,24,25,26). The van der Waals surface area contributed by atoms with E-state index in [1.165, 1.54) is 0 Å². The Labute approximate surface area is 169 Å². The summed E-state index contributed by atoms with van der Waals surface area (Å²) < 4.78 is 1.60. The summed E-state index contributed by atoms with van der Waals surface area (Å²) >= 11 is 0. The zero-order valence-corrected chi connectivity index (χ0v) is 16.7. The van der Waals surface area contributed by atoms with Crippen molar-refractivity contribution in [2.75, 3.05) is 25.0 Å². The fourth-order valence-corrected chi connectivity index (χ4v) is 3.90. The lowest BCUT2D eigenvalue weighted by atomic mass is 10.0. The number of aryl methyl sites for hydroxylation is 2. The number of hydrogen-bond acceptors (Lipinski definition) is 6. The number of pyridine rings is 1. The van der Waals surface area contributed by atoms with E-state index in [1.807, 2.05) is 37.3 Å². The van der Waals surface area contributed by atoms with Crippen LogP contribution in [0.3, 0.4) is 0 Å². The summed E-state index contributed by atoms with van der Waals surface area (Å²) in [6.45, 7) is 4.25. The molecule has 29 heavy (non-hydrogen) atoms. The summed E-state index contributed by atoms with van der Waals surface area (Å²) in [6, 6.07) is 12.2. The van der Waals surface area contributed by atoms with E-state index in [-0.39, 0.29) is 11.6 Å². The fourth-order valence-electron chi connectivity index (χ4n) is 3.90. The van der Waals surface area contributed by atoms with Gasteiger partial charge in [0.1, 0.15) is 5.65 Å². The molecule has 0 unspecified atom stereocenters. The van der Waals surface area contributed by atoms with Crippen molar-refractivity contribution in [3.8, 4) is 17.2 Å². The molecule has 2 aromatic heterocycles. The molecule has 0 radical (unpaired) electrons.